The lowest BCUT2D eigenvalue weighted by molar-refractivity contribution is -0.140. The second kappa shape index (κ2) is 12.0. The molecule has 0 heterocycles. The summed E-state index contributed by atoms with van der Waals surface area (Å²) >= 11 is 17.3. The van der Waals surface area contributed by atoms with E-state index in [0.29, 0.717) is 12.6 Å². The predicted molar refractivity (Wildman–Crippen MR) is 125 cm³/mol. The average molecular weight is 581 g/mol. The van der Waals surface area contributed by atoms with E-state index in [9.17, 15) is 35.5 Å². The van der Waals surface area contributed by atoms with Crippen LogP contribution in [-0.4, -0.2) is 44.2 Å². The largest absolute Gasteiger partial charge is 0.417 e. The summed E-state index contributed by atoms with van der Waals surface area (Å²) in [6, 6.07) is 3.36. The number of amides is 1. The van der Waals surface area contributed by atoms with E-state index in [-0.39, 0.29) is 33.8 Å². The fourth-order valence-electron chi connectivity index (χ4n) is 2.99. The standard InChI is InChI=1S/C22H19Cl3F7N3O/c1-35(2)6-5-33-34-20(36)13-4-3-11(7-15(13)22(30,31)32)18(26)10-14(21(27,28)29)12-8-16(23)19(25)17(24)9-12/h3-4,7-10,14,33H,5-6H2,1-2H3,(H,34,36)/b18-10-. The van der Waals surface area contributed by atoms with Crippen LogP contribution in [0.25, 0.3) is 5.83 Å². The van der Waals surface area contributed by atoms with Gasteiger partial charge in [-0.15, -0.1) is 0 Å². The van der Waals surface area contributed by atoms with Crippen LogP contribution in [0.3, 0.4) is 0 Å². The number of likely N-dealkylation sites (N-methyl/N-ethyl adjacent to an activating group) is 1. The summed E-state index contributed by atoms with van der Waals surface area (Å²) in [5.74, 6) is -5.38. The molecule has 198 valence electrons. The molecule has 0 radical (unpaired) electrons. The molecule has 0 bridgehead atoms. The molecule has 36 heavy (non-hydrogen) atoms. The van der Waals surface area contributed by atoms with Crippen molar-refractivity contribution >= 4 is 46.5 Å². The zero-order valence-electron chi connectivity index (χ0n) is 18.6. The lowest BCUT2D eigenvalue weighted by Gasteiger charge is -2.19. The first-order valence-electron chi connectivity index (χ1n) is 10.0. The van der Waals surface area contributed by atoms with Crippen molar-refractivity contribution in [3.8, 4) is 0 Å². The SMILES string of the molecule is CN(C)CCNNC(=O)c1ccc(/C(F)=C/C(c2cc(Cl)c(Cl)c(Cl)c2)C(F)(F)F)cc1C(F)(F)F. The van der Waals surface area contributed by atoms with Crippen LogP contribution in [0.4, 0.5) is 30.7 Å². The average Bonchev–Trinajstić information content (AvgIpc) is 2.76. The van der Waals surface area contributed by atoms with E-state index >= 15 is 0 Å². The van der Waals surface area contributed by atoms with Gasteiger partial charge in [-0.3, -0.25) is 10.2 Å². The minimum atomic E-state index is -5.10. The van der Waals surface area contributed by atoms with Gasteiger partial charge in [0.2, 0.25) is 0 Å². The quantitative estimate of drug-likeness (QED) is 0.151. The molecular weight excluding hydrogens is 562 g/mol. The van der Waals surface area contributed by atoms with Crippen molar-refractivity contribution in [3.05, 3.63) is 73.7 Å². The molecule has 0 spiro atoms. The molecule has 1 atom stereocenters. The second-order valence-corrected chi connectivity index (χ2v) is 8.97. The maximum absolute atomic E-state index is 14.9. The Morgan fingerprint density at radius 2 is 1.61 bits per heavy atom. The van der Waals surface area contributed by atoms with Crippen LogP contribution in [0.2, 0.25) is 15.1 Å². The van der Waals surface area contributed by atoms with E-state index in [1.807, 2.05) is 0 Å². The third-order valence-electron chi connectivity index (χ3n) is 4.76. The summed E-state index contributed by atoms with van der Waals surface area (Å²) in [5, 5.41) is -0.861. The van der Waals surface area contributed by atoms with Crippen molar-refractivity contribution in [1.29, 1.82) is 0 Å². The van der Waals surface area contributed by atoms with Gasteiger partial charge >= 0.3 is 12.4 Å². The van der Waals surface area contributed by atoms with Gasteiger partial charge in [-0.05, 0) is 50.0 Å². The number of carbonyl (C=O) groups is 1. The van der Waals surface area contributed by atoms with Crippen LogP contribution in [-0.2, 0) is 6.18 Å². The van der Waals surface area contributed by atoms with E-state index in [0.717, 1.165) is 18.2 Å². The fourth-order valence-corrected chi connectivity index (χ4v) is 3.60. The van der Waals surface area contributed by atoms with E-state index in [1.165, 1.54) is 0 Å². The third kappa shape index (κ3) is 7.97. The topological polar surface area (TPSA) is 44.4 Å². The second-order valence-electron chi connectivity index (χ2n) is 7.77. The Morgan fingerprint density at radius 3 is 2.11 bits per heavy atom. The van der Waals surface area contributed by atoms with Gasteiger partial charge < -0.3 is 4.90 Å². The molecule has 1 unspecified atom stereocenters. The first-order chi connectivity index (χ1) is 16.5. The van der Waals surface area contributed by atoms with Crippen LogP contribution < -0.4 is 10.9 Å². The summed E-state index contributed by atoms with van der Waals surface area (Å²) in [6.07, 6.45) is -10.1. The maximum Gasteiger partial charge on any atom is 0.417 e. The molecule has 4 nitrogen and oxygen atoms in total. The summed E-state index contributed by atoms with van der Waals surface area (Å²) in [4.78, 5) is 14.0. The smallest absolute Gasteiger partial charge is 0.308 e. The van der Waals surface area contributed by atoms with Gasteiger partial charge in [0.1, 0.15) is 11.7 Å². The van der Waals surface area contributed by atoms with E-state index in [4.69, 9.17) is 34.8 Å². The van der Waals surface area contributed by atoms with Crippen LogP contribution in [0.15, 0.2) is 36.4 Å². The van der Waals surface area contributed by atoms with Gasteiger partial charge in [0.05, 0.1) is 26.2 Å². The van der Waals surface area contributed by atoms with E-state index in [1.54, 1.807) is 19.0 Å². The molecule has 2 rings (SSSR count). The van der Waals surface area contributed by atoms with Gasteiger partial charge in [-0.25, -0.2) is 9.82 Å². The highest BCUT2D eigenvalue weighted by Gasteiger charge is 2.41. The number of allylic oxidation sites excluding steroid dienone is 1. The summed E-state index contributed by atoms with van der Waals surface area (Å²) in [5.41, 5.74) is 0.777. The summed E-state index contributed by atoms with van der Waals surface area (Å²) in [6.45, 7) is 0.679. The molecule has 0 fully saturated rings. The predicted octanol–water partition coefficient (Wildman–Crippen LogP) is 7.12. The Morgan fingerprint density at radius 1 is 1.03 bits per heavy atom. The van der Waals surface area contributed by atoms with Gasteiger partial charge in [0.25, 0.3) is 5.91 Å². The molecule has 0 aliphatic carbocycles. The summed E-state index contributed by atoms with van der Waals surface area (Å²) in [7, 11) is 3.48. The fraction of sp³-hybridized carbons (Fsp3) is 0.318. The third-order valence-corrected chi connectivity index (χ3v) is 5.96. The zero-order valence-corrected chi connectivity index (χ0v) is 20.9. The normalized spacial score (nSPS) is 13.8. The number of nitrogens with zero attached hydrogens (tertiary/aromatic N) is 1. The Labute approximate surface area is 217 Å². The highest BCUT2D eigenvalue weighted by atomic mass is 35.5. The minimum absolute atomic E-state index is 0.0912. The number of rotatable bonds is 8. The molecule has 2 N–H and O–H groups in total. The highest BCUT2D eigenvalue weighted by Crippen LogP contribution is 2.42. The van der Waals surface area contributed by atoms with Crippen molar-refractivity contribution in [2.24, 2.45) is 0 Å². The summed E-state index contributed by atoms with van der Waals surface area (Å²) < 4.78 is 96.9. The molecule has 0 saturated heterocycles. The molecule has 0 aliphatic heterocycles. The molecule has 0 aliphatic rings. The number of hydrogen-bond acceptors (Lipinski definition) is 3. The number of hydrazine groups is 1. The Hall–Kier alpha value is -2.05. The molecule has 0 aromatic heterocycles. The number of halogens is 10. The minimum Gasteiger partial charge on any atom is -0.308 e. The monoisotopic (exact) mass is 579 g/mol. The van der Waals surface area contributed by atoms with E-state index in [2.05, 4.69) is 10.9 Å². The molecule has 2 aromatic rings. The number of alkyl halides is 6. The lowest BCUT2D eigenvalue weighted by atomic mass is 9.95. The Kier molecular flexibility index (Phi) is 10.1. The van der Waals surface area contributed by atoms with E-state index < -0.39 is 52.3 Å². The van der Waals surface area contributed by atoms with Crippen molar-refractivity contribution in [2.45, 2.75) is 18.3 Å². The number of carbonyl (C=O) groups excluding carboxylic acids is 1. The zero-order chi connectivity index (χ0) is 27.4. The van der Waals surface area contributed by atoms with Crippen molar-refractivity contribution in [2.75, 3.05) is 27.2 Å². The van der Waals surface area contributed by atoms with Crippen LogP contribution in [0.1, 0.15) is 33.0 Å². The van der Waals surface area contributed by atoms with Gasteiger partial charge in [-0.1, -0.05) is 40.9 Å². The van der Waals surface area contributed by atoms with Crippen LogP contribution in [0.5, 0.6) is 0 Å². The van der Waals surface area contributed by atoms with Gasteiger partial charge in [0.15, 0.2) is 0 Å². The highest BCUT2D eigenvalue weighted by molar-refractivity contribution is 6.48. The molecule has 1 amide bonds. The number of benzene rings is 2. The molecule has 0 saturated carbocycles. The number of hydrogen-bond donors (Lipinski definition) is 2. The molecule has 2 aromatic carbocycles. The van der Waals surface area contributed by atoms with Crippen molar-refractivity contribution in [1.82, 2.24) is 15.8 Å². The number of nitrogens with one attached hydrogen (secondary N) is 2. The first kappa shape index (κ1) is 30.2. The lowest BCUT2D eigenvalue weighted by Crippen LogP contribution is -2.41. The first-order valence-corrected chi connectivity index (χ1v) is 11.1. The Bertz CT molecular complexity index is 1110. The van der Waals surface area contributed by atoms with Crippen molar-refractivity contribution in [3.63, 3.8) is 0 Å². The van der Waals surface area contributed by atoms with Crippen molar-refractivity contribution < 1.29 is 35.5 Å². The van der Waals surface area contributed by atoms with Crippen LogP contribution in [0, 0.1) is 0 Å². The molecule has 14 heteroatoms. The van der Waals surface area contributed by atoms with Gasteiger partial charge in [0, 0.05) is 18.7 Å². The maximum atomic E-state index is 14.9. The Balaban J connectivity index is 2.46. The van der Waals surface area contributed by atoms with Gasteiger partial charge in [-0.2, -0.15) is 26.3 Å². The molecular formula is C22H19Cl3F7N3O. The van der Waals surface area contributed by atoms with Crippen LogP contribution >= 0.6 is 34.8 Å².